The number of aromatic nitrogens is 4. The smallest absolute Gasteiger partial charge is 0.407 e. The van der Waals surface area contributed by atoms with E-state index >= 15 is 0 Å². The summed E-state index contributed by atoms with van der Waals surface area (Å²) in [5.74, 6) is 2.02. The Kier molecular flexibility index (Phi) is 12.0. The molecule has 0 unspecified atom stereocenters. The number of carbonyl (C=O) groups excluding carboxylic acids is 4. The fraction of sp³-hybridized carbons (Fsp3) is 0.500. The van der Waals surface area contributed by atoms with Gasteiger partial charge in [-0.05, 0) is 103 Å². The van der Waals surface area contributed by atoms with Crippen molar-refractivity contribution in [1.82, 2.24) is 40.4 Å². The number of H-pyrrole nitrogens is 2. The van der Waals surface area contributed by atoms with E-state index < -0.39 is 24.3 Å². The molecule has 4 amide bonds. The first-order valence-electron chi connectivity index (χ1n) is 22.6. The third-order valence-corrected chi connectivity index (χ3v) is 13.8. The molecule has 9 rings (SSSR count). The number of hydrogen-bond donors (Lipinski definition) is 4. The molecule has 64 heavy (non-hydrogen) atoms. The van der Waals surface area contributed by atoms with Crippen molar-refractivity contribution in [1.29, 1.82) is 0 Å². The number of nitrogens with zero attached hydrogens (tertiary/aromatic N) is 4. The number of nitrogens with one attached hydrogen (secondary N) is 4. The number of fused-ring (bicyclic) bond motifs is 6. The van der Waals surface area contributed by atoms with E-state index in [1.807, 2.05) is 35.9 Å². The molecule has 0 aliphatic carbocycles. The molecule has 0 saturated carbocycles. The van der Waals surface area contributed by atoms with E-state index in [2.05, 4.69) is 70.8 Å². The first kappa shape index (κ1) is 43.1. The van der Waals surface area contributed by atoms with Crippen molar-refractivity contribution in [3.05, 3.63) is 65.9 Å². The maximum Gasteiger partial charge on any atom is 0.407 e. The Balaban J connectivity index is 0.965. The predicted octanol–water partition coefficient (Wildman–Crippen LogP) is 7.55. The van der Waals surface area contributed by atoms with Gasteiger partial charge in [0.15, 0.2) is 0 Å². The number of likely N-dealkylation sites (tertiary alicyclic amines) is 2. The summed E-state index contributed by atoms with van der Waals surface area (Å²) in [5.41, 5.74) is 6.61. The SMILES string of the molecule is CC[C@H]1CC[C@@H](c2ncc(-c3ccc4c(c3)COc3cc5c(ccc6nc([C@@H]7C[C@H](C)CN7C(=O)[C@@H](NC(=O)OC)C(C)C)[nH]c65)cc3-4)[nH]2)N1C(=O)[C@@H](NC(=O)OC)C1CCOCC1. The van der Waals surface area contributed by atoms with Gasteiger partial charge in [-0.25, -0.2) is 19.6 Å². The minimum Gasteiger partial charge on any atom is -0.488 e. The van der Waals surface area contributed by atoms with Gasteiger partial charge in [0.25, 0.3) is 0 Å². The van der Waals surface area contributed by atoms with Crippen LogP contribution in [0, 0.1) is 17.8 Å². The summed E-state index contributed by atoms with van der Waals surface area (Å²) in [4.78, 5) is 73.8. The standard InChI is InChI=1S/C48H58N8O8/c1-7-31-10-13-37(56(31)46(58)41(54-48(60)62-6)27-14-16-63-17-15-27)43-49-22-36(51-43)29-8-11-32-30(19-29)24-64-39-21-33-28(20-34(32)39)9-12-35-42(33)52-44(50-35)38-18-26(4)23-55(38)45(57)40(25(2)3)53-47(59)61-5/h8-9,11-12,19-22,25-27,31,37-38,40-41H,7,10,13-18,23-24H2,1-6H3,(H,49,51)(H,50,52)(H,53,59)(H,54,60)/t26-,31-,37-,38-,40-,41-/m0/s1. The van der Waals surface area contributed by atoms with Gasteiger partial charge in [-0.15, -0.1) is 0 Å². The van der Waals surface area contributed by atoms with Crippen molar-refractivity contribution in [3.63, 3.8) is 0 Å². The molecule has 5 aromatic rings. The van der Waals surface area contributed by atoms with Crippen molar-refractivity contribution in [3.8, 4) is 28.1 Å². The second kappa shape index (κ2) is 17.8. The van der Waals surface area contributed by atoms with Crippen LogP contribution in [0.5, 0.6) is 5.75 Å². The van der Waals surface area contributed by atoms with E-state index in [-0.39, 0.29) is 47.7 Å². The zero-order valence-corrected chi connectivity index (χ0v) is 37.4. The van der Waals surface area contributed by atoms with Crippen molar-refractivity contribution >= 4 is 45.8 Å². The lowest BCUT2D eigenvalue weighted by Gasteiger charge is -2.36. The first-order valence-corrected chi connectivity index (χ1v) is 22.6. The molecule has 2 aromatic heterocycles. The van der Waals surface area contributed by atoms with Crippen LogP contribution in [0.2, 0.25) is 0 Å². The Morgan fingerprint density at radius 1 is 0.891 bits per heavy atom. The number of rotatable bonds is 10. The summed E-state index contributed by atoms with van der Waals surface area (Å²) in [6.07, 6.45) is 5.09. The van der Waals surface area contributed by atoms with Gasteiger partial charge in [-0.2, -0.15) is 0 Å². The summed E-state index contributed by atoms with van der Waals surface area (Å²) in [6.45, 7) is 10.1. The number of aromatic amines is 2. The second-order valence-electron chi connectivity index (χ2n) is 18.2. The van der Waals surface area contributed by atoms with Gasteiger partial charge in [0.1, 0.15) is 36.1 Å². The maximum atomic E-state index is 14.4. The molecule has 4 N–H and O–H groups in total. The zero-order valence-electron chi connectivity index (χ0n) is 37.4. The van der Waals surface area contributed by atoms with Crippen LogP contribution in [0.1, 0.15) is 95.5 Å². The molecule has 16 nitrogen and oxygen atoms in total. The van der Waals surface area contributed by atoms with Crippen LogP contribution in [-0.2, 0) is 30.4 Å². The van der Waals surface area contributed by atoms with Crippen molar-refractivity contribution < 1.29 is 38.1 Å². The molecule has 0 bridgehead atoms. The first-order chi connectivity index (χ1) is 31.0. The molecule has 6 atom stereocenters. The van der Waals surface area contributed by atoms with Crippen LogP contribution in [0.3, 0.4) is 0 Å². The van der Waals surface area contributed by atoms with E-state index in [1.165, 1.54) is 14.2 Å². The van der Waals surface area contributed by atoms with Crippen LogP contribution in [0.15, 0.2) is 48.7 Å². The molecule has 4 aliphatic rings. The average molecular weight is 875 g/mol. The summed E-state index contributed by atoms with van der Waals surface area (Å²) in [7, 11) is 2.61. The van der Waals surface area contributed by atoms with Gasteiger partial charge in [-0.3, -0.25) is 9.59 Å². The van der Waals surface area contributed by atoms with Crippen LogP contribution < -0.4 is 15.4 Å². The molecule has 16 heteroatoms. The molecule has 338 valence electrons. The fourth-order valence-corrected chi connectivity index (χ4v) is 10.4. The maximum absolute atomic E-state index is 14.4. The van der Waals surface area contributed by atoms with Gasteiger partial charge in [-0.1, -0.05) is 45.9 Å². The number of hydrogen-bond acceptors (Lipinski definition) is 10. The summed E-state index contributed by atoms with van der Waals surface area (Å²) in [6, 6.07) is 12.7. The fourth-order valence-electron chi connectivity index (χ4n) is 10.4. The normalized spacial score (nSPS) is 21.9. The summed E-state index contributed by atoms with van der Waals surface area (Å²) < 4.78 is 21.8. The molecule has 3 fully saturated rings. The van der Waals surface area contributed by atoms with Crippen molar-refractivity contribution in [2.75, 3.05) is 34.0 Å². The van der Waals surface area contributed by atoms with Crippen molar-refractivity contribution in [2.45, 2.75) is 103 Å². The zero-order chi connectivity index (χ0) is 44.8. The lowest BCUT2D eigenvalue weighted by Crippen LogP contribution is -2.54. The van der Waals surface area contributed by atoms with Crippen LogP contribution in [0.25, 0.3) is 44.2 Å². The monoisotopic (exact) mass is 874 g/mol. The number of carbonyl (C=O) groups is 4. The Morgan fingerprint density at radius 3 is 2.42 bits per heavy atom. The van der Waals surface area contributed by atoms with Gasteiger partial charge >= 0.3 is 12.2 Å². The number of ether oxygens (including phenoxy) is 4. The Hall–Kier alpha value is -6.16. The largest absolute Gasteiger partial charge is 0.488 e. The number of amides is 4. The number of methoxy groups -OCH3 is 2. The average Bonchev–Trinajstić information content (AvgIpc) is 4.14. The molecule has 0 spiro atoms. The third-order valence-electron chi connectivity index (χ3n) is 13.8. The van der Waals surface area contributed by atoms with E-state index in [4.69, 9.17) is 28.9 Å². The quantitative estimate of drug-likeness (QED) is 0.109. The van der Waals surface area contributed by atoms with E-state index in [9.17, 15) is 19.2 Å². The number of imidazole rings is 2. The number of benzene rings is 3. The Bertz CT molecular complexity index is 2580. The minimum absolute atomic E-state index is 0.0225. The van der Waals surface area contributed by atoms with E-state index in [1.54, 1.807) is 0 Å². The molecule has 6 heterocycles. The highest BCUT2D eigenvalue weighted by atomic mass is 16.5. The molecule has 4 aliphatic heterocycles. The highest BCUT2D eigenvalue weighted by molar-refractivity contribution is 6.07. The van der Waals surface area contributed by atoms with Gasteiger partial charge < -0.3 is 49.3 Å². The van der Waals surface area contributed by atoms with E-state index in [0.29, 0.717) is 45.0 Å². The highest BCUT2D eigenvalue weighted by Gasteiger charge is 2.44. The third kappa shape index (κ3) is 8.01. The molecule has 3 aromatic carbocycles. The van der Waals surface area contributed by atoms with Gasteiger partial charge in [0.05, 0.1) is 49.2 Å². The van der Waals surface area contributed by atoms with Crippen molar-refractivity contribution in [2.24, 2.45) is 17.8 Å². The van der Waals surface area contributed by atoms with Crippen LogP contribution in [-0.4, -0.2) is 106 Å². The lowest BCUT2D eigenvalue weighted by molar-refractivity contribution is -0.139. The number of alkyl carbamates (subject to hydrolysis) is 2. The van der Waals surface area contributed by atoms with Gasteiger partial charge in [0, 0.05) is 36.8 Å². The summed E-state index contributed by atoms with van der Waals surface area (Å²) >= 11 is 0. The molecular formula is C48H58N8O8. The minimum atomic E-state index is -0.724. The van der Waals surface area contributed by atoms with Gasteiger partial charge in [0.2, 0.25) is 11.8 Å². The van der Waals surface area contributed by atoms with Crippen LogP contribution >= 0.6 is 0 Å². The summed E-state index contributed by atoms with van der Waals surface area (Å²) in [5, 5.41) is 7.60. The second-order valence-corrected chi connectivity index (χ2v) is 18.2. The predicted molar refractivity (Wildman–Crippen MR) is 239 cm³/mol. The Morgan fingerprint density at radius 2 is 1.67 bits per heavy atom. The topological polar surface area (TPSA) is 193 Å². The Labute approximate surface area is 372 Å². The lowest BCUT2D eigenvalue weighted by atomic mass is 9.90. The van der Waals surface area contributed by atoms with E-state index in [0.717, 1.165) is 87.0 Å². The molecular weight excluding hydrogens is 817 g/mol. The highest BCUT2D eigenvalue weighted by Crippen LogP contribution is 2.44. The van der Waals surface area contributed by atoms with Crippen LogP contribution in [0.4, 0.5) is 9.59 Å². The molecule has 3 saturated heterocycles. The molecule has 0 radical (unpaired) electrons.